The molecule has 0 bridgehead atoms. The summed E-state index contributed by atoms with van der Waals surface area (Å²) in [7, 11) is 0. The van der Waals surface area contributed by atoms with Gasteiger partial charge in [-0.1, -0.05) is 55.1 Å². The molecule has 7 heteroatoms. The maximum Gasteiger partial charge on any atom is 0.343 e. The average molecular weight is 469 g/mol. The fourth-order valence-electron chi connectivity index (χ4n) is 3.66. The Hall–Kier alpha value is -4.65. The summed E-state index contributed by atoms with van der Waals surface area (Å²) in [6.07, 6.45) is 3.08. The highest BCUT2D eigenvalue weighted by molar-refractivity contribution is 6.46. The number of ether oxygens (including phenoxy) is 2. The van der Waals surface area contributed by atoms with E-state index in [2.05, 4.69) is 6.58 Å². The summed E-state index contributed by atoms with van der Waals surface area (Å²) in [4.78, 5) is 42.3. The van der Waals surface area contributed by atoms with Gasteiger partial charge in [-0.05, 0) is 55.0 Å². The van der Waals surface area contributed by atoms with Crippen molar-refractivity contribution in [2.75, 3.05) is 23.0 Å². The van der Waals surface area contributed by atoms with Crippen molar-refractivity contribution in [3.05, 3.63) is 103 Å². The maximum atomic E-state index is 13.5. The molecule has 0 unspecified atom stereocenters. The van der Waals surface area contributed by atoms with Crippen LogP contribution in [0.25, 0.3) is 6.08 Å². The van der Waals surface area contributed by atoms with Gasteiger partial charge in [0.25, 0.3) is 11.8 Å². The Morgan fingerprint density at radius 1 is 0.771 bits per heavy atom. The lowest BCUT2D eigenvalue weighted by atomic mass is 10.0. The predicted octanol–water partition coefficient (Wildman–Crippen LogP) is 5.23. The first kappa shape index (κ1) is 23.5. The van der Waals surface area contributed by atoms with Crippen molar-refractivity contribution >= 4 is 35.3 Å². The van der Waals surface area contributed by atoms with Crippen LogP contribution in [0.3, 0.4) is 0 Å². The molecule has 7 nitrogen and oxygen atoms in total. The fourth-order valence-corrected chi connectivity index (χ4v) is 3.66. The Bertz CT molecular complexity index is 1220. The maximum absolute atomic E-state index is 13.5. The lowest BCUT2D eigenvalue weighted by Crippen LogP contribution is -2.57. The first-order chi connectivity index (χ1) is 17.0. The number of barbiturate groups is 1. The van der Waals surface area contributed by atoms with Crippen LogP contribution in [-0.4, -0.2) is 31.1 Å². The summed E-state index contributed by atoms with van der Waals surface area (Å²) in [5.41, 5.74) is 1.13. The SMILES string of the molecule is C=CCOc1ccc(C=C2C(=O)N(c3ccccc3)C(=O)N(c3ccccc3)C2=O)cc1OCC. The van der Waals surface area contributed by atoms with Crippen LogP contribution < -0.4 is 19.3 Å². The lowest BCUT2D eigenvalue weighted by molar-refractivity contribution is -0.121. The summed E-state index contributed by atoms with van der Waals surface area (Å²) in [6, 6.07) is 21.4. The van der Waals surface area contributed by atoms with E-state index in [9.17, 15) is 14.4 Å². The summed E-state index contributed by atoms with van der Waals surface area (Å²) in [6.45, 7) is 6.20. The van der Waals surface area contributed by atoms with Crippen molar-refractivity contribution in [2.24, 2.45) is 0 Å². The van der Waals surface area contributed by atoms with Crippen LogP contribution >= 0.6 is 0 Å². The molecule has 1 saturated heterocycles. The normalized spacial score (nSPS) is 13.6. The predicted molar refractivity (Wildman–Crippen MR) is 135 cm³/mol. The molecule has 1 fully saturated rings. The Labute approximate surface area is 203 Å². The van der Waals surface area contributed by atoms with Gasteiger partial charge < -0.3 is 9.47 Å². The molecule has 1 aliphatic heterocycles. The lowest BCUT2D eigenvalue weighted by Gasteiger charge is -2.33. The van der Waals surface area contributed by atoms with E-state index in [1.807, 2.05) is 6.92 Å². The zero-order valence-electron chi connectivity index (χ0n) is 19.2. The van der Waals surface area contributed by atoms with Crippen LogP contribution in [0.4, 0.5) is 16.2 Å². The minimum atomic E-state index is -0.738. The topological polar surface area (TPSA) is 76.2 Å². The number of urea groups is 1. The third kappa shape index (κ3) is 4.84. The molecular formula is C28H24N2O5. The van der Waals surface area contributed by atoms with Gasteiger partial charge in [0.1, 0.15) is 12.2 Å². The first-order valence-electron chi connectivity index (χ1n) is 11.1. The van der Waals surface area contributed by atoms with E-state index in [1.165, 1.54) is 6.08 Å². The smallest absolute Gasteiger partial charge is 0.343 e. The van der Waals surface area contributed by atoms with Crippen LogP contribution in [0.1, 0.15) is 12.5 Å². The van der Waals surface area contributed by atoms with Crippen LogP contribution in [0.5, 0.6) is 11.5 Å². The second-order valence-corrected chi connectivity index (χ2v) is 7.53. The van der Waals surface area contributed by atoms with Crippen LogP contribution in [0, 0.1) is 0 Å². The molecule has 0 saturated carbocycles. The summed E-state index contributed by atoms with van der Waals surface area (Å²) in [5, 5.41) is 0. The molecule has 3 aromatic carbocycles. The minimum Gasteiger partial charge on any atom is -0.490 e. The van der Waals surface area contributed by atoms with Gasteiger partial charge in [-0.15, -0.1) is 0 Å². The van der Waals surface area contributed by atoms with E-state index in [0.29, 0.717) is 41.7 Å². The van der Waals surface area contributed by atoms with Gasteiger partial charge in [-0.2, -0.15) is 0 Å². The molecule has 0 atom stereocenters. The van der Waals surface area contributed by atoms with E-state index < -0.39 is 17.8 Å². The molecule has 0 aliphatic carbocycles. The van der Waals surface area contributed by atoms with Gasteiger partial charge in [0, 0.05) is 0 Å². The van der Waals surface area contributed by atoms with E-state index in [0.717, 1.165) is 9.80 Å². The Morgan fingerprint density at radius 3 is 1.86 bits per heavy atom. The molecule has 0 radical (unpaired) electrons. The number of amides is 4. The molecule has 35 heavy (non-hydrogen) atoms. The highest BCUT2D eigenvalue weighted by Gasteiger charge is 2.43. The molecule has 0 aromatic heterocycles. The average Bonchev–Trinajstić information content (AvgIpc) is 2.87. The Kier molecular flexibility index (Phi) is 7.07. The van der Waals surface area contributed by atoms with Crippen molar-refractivity contribution in [2.45, 2.75) is 6.92 Å². The standard InChI is InChI=1S/C28H24N2O5/c1-3-17-35-24-16-15-20(19-25(24)34-4-2)18-23-26(31)29(21-11-7-5-8-12-21)28(33)30(27(23)32)22-13-9-6-10-14-22/h3,5-16,18-19H,1,4,17H2,2H3. The molecule has 4 amide bonds. The Balaban J connectivity index is 1.81. The largest absolute Gasteiger partial charge is 0.490 e. The minimum absolute atomic E-state index is 0.153. The number of carbonyl (C=O) groups excluding carboxylic acids is 3. The zero-order valence-corrected chi connectivity index (χ0v) is 19.2. The molecule has 1 aliphatic rings. The molecule has 0 spiro atoms. The quantitative estimate of drug-likeness (QED) is 0.257. The van der Waals surface area contributed by atoms with Crippen LogP contribution in [-0.2, 0) is 9.59 Å². The van der Waals surface area contributed by atoms with Gasteiger partial charge in [-0.3, -0.25) is 9.59 Å². The van der Waals surface area contributed by atoms with Crippen molar-refractivity contribution in [1.82, 2.24) is 0 Å². The van der Waals surface area contributed by atoms with E-state index >= 15 is 0 Å². The third-order valence-electron chi connectivity index (χ3n) is 5.21. The van der Waals surface area contributed by atoms with E-state index in [4.69, 9.17) is 9.47 Å². The fraction of sp³-hybridized carbons (Fsp3) is 0.107. The van der Waals surface area contributed by atoms with Gasteiger partial charge in [0.15, 0.2) is 11.5 Å². The van der Waals surface area contributed by atoms with Gasteiger partial charge in [0.2, 0.25) is 0 Å². The molecule has 4 rings (SSSR count). The summed E-state index contributed by atoms with van der Waals surface area (Å²) in [5.74, 6) is -0.427. The molecular weight excluding hydrogens is 444 g/mol. The number of para-hydroxylation sites is 2. The molecule has 3 aromatic rings. The number of hydrogen-bond acceptors (Lipinski definition) is 5. The second kappa shape index (κ2) is 10.5. The van der Waals surface area contributed by atoms with Crippen molar-refractivity contribution in [3.63, 3.8) is 0 Å². The van der Waals surface area contributed by atoms with Gasteiger partial charge >= 0.3 is 6.03 Å². The summed E-state index contributed by atoms with van der Waals surface area (Å²) < 4.78 is 11.3. The first-order valence-corrected chi connectivity index (χ1v) is 11.1. The zero-order chi connectivity index (χ0) is 24.8. The highest BCUT2D eigenvalue weighted by atomic mass is 16.5. The molecule has 0 N–H and O–H groups in total. The van der Waals surface area contributed by atoms with Gasteiger partial charge in [0.05, 0.1) is 18.0 Å². The Morgan fingerprint density at radius 2 is 1.34 bits per heavy atom. The van der Waals surface area contributed by atoms with E-state index in [-0.39, 0.29) is 5.57 Å². The van der Waals surface area contributed by atoms with Crippen molar-refractivity contribution in [1.29, 1.82) is 0 Å². The number of nitrogens with zero attached hydrogens (tertiary/aromatic N) is 2. The number of anilines is 2. The van der Waals surface area contributed by atoms with Crippen LogP contribution in [0.2, 0.25) is 0 Å². The second-order valence-electron chi connectivity index (χ2n) is 7.53. The molecule has 1 heterocycles. The highest BCUT2D eigenvalue weighted by Crippen LogP contribution is 2.32. The van der Waals surface area contributed by atoms with Crippen LogP contribution in [0.15, 0.2) is 97.1 Å². The summed E-state index contributed by atoms with van der Waals surface area (Å²) >= 11 is 0. The monoisotopic (exact) mass is 468 g/mol. The number of carbonyl (C=O) groups is 3. The molecule has 176 valence electrons. The van der Waals surface area contributed by atoms with Crippen molar-refractivity contribution in [3.8, 4) is 11.5 Å². The van der Waals surface area contributed by atoms with E-state index in [1.54, 1.807) is 84.9 Å². The number of imide groups is 2. The number of hydrogen-bond donors (Lipinski definition) is 0. The number of benzene rings is 3. The third-order valence-corrected chi connectivity index (χ3v) is 5.21. The number of rotatable bonds is 8. The van der Waals surface area contributed by atoms with Crippen molar-refractivity contribution < 1.29 is 23.9 Å². The van der Waals surface area contributed by atoms with Gasteiger partial charge in [-0.25, -0.2) is 14.6 Å².